The van der Waals surface area contributed by atoms with Crippen molar-refractivity contribution in [2.75, 3.05) is 5.32 Å². The molecule has 146 valence electrons. The lowest BCUT2D eigenvalue weighted by molar-refractivity contribution is -0.118. The highest BCUT2D eigenvalue weighted by Crippen LogP contribution is 2.26. The molecule has 0 fully saturated rings. The number of nitrogens with zero attached hydrogens (tertiary/aromatic N) is 3. The van der Waals surface area contributed by atoms with Gasteiger partial charge in [0.2, 0.25) is 5.91 Å². The highest BCUT2D eigenvalue weighted by Gasteiger charge is 2.22. The predicted molar refractivity (Wildman–Crippen MR) is 111 cm³/mol. The van der Waals surface area contributed by atoms with Crippen LogP contribution in [-0.4, -0.2) is 20.6 Å². The van der Waals surface area contributed by atoms with Crippen LogP contribution in [0.1, 0.15) is 18.5 Å². The van der Waals surface area contributed by atoms with Gasteiger partial charge in [-0.15, -0.1) is 0 Å². The van der Waals surface area contributed by atoms with Crippen molar-refractivity contribution in [2.45, 2.75) is 19.9 Å². The van der Waals surface area contributed by atoms with Crippen LogP contribution in [0, 0.1) is 6.92 Å². The van der Waals surface area contributed by atoms with E-state index in [-0.39, 0.29) is 17.0 Å². The summed E-state index contributed by atoms with van der Waals surface area (Å²) in [7, 11) is 0. The number of carbonyl (C=O) groups excluding carboxylic acids is 1. The molecule has 4 rings (SSSR count). The van der Waals surface area contributed by atoms with Gasteiger partial charge < -0.3 is 9.84 Å². The van der Waals surface area contributed by atoms with Crippen LogP contribution in [0.25, 0.3) is 22.4 Å². The lowest BCUT2D eigenvalue weighted by Gasteiger charge is -2.15. The zero-order valence-corrected chi connectivity index (χ0v) is 16.5. The summed E-state index contributed by atoms with van der Waals surface area (Å²) in [5.41, 5.74) is 2.41. The zero-order chi connectivity index (χ0) is 20.5. The molecule has 0 aliphatic rings. The van der Waals surface area contributed by atoms with Crippen molar-refractivity contribution in [2.24, 2.45) is 0 Å². The van der Waals surface area contributed by atoms with Crippen molar-refractivity contribution in [1.29, 1.82) is 0 Å². The summed E-state index contributed by atoms with van der Waals surface area (Å²) in [6.45, 7) is 3.57. The van der Waals surface area contributed by atoms with Gasteiger partial charge in [-0.05, 0) is 43.7 Å². The summed E-state index contributed by atoms with van der Waals surface area (Å²) in [6.07, 6.45) is 1.29. The van der Waals surface area contributed by atoms with Crippen molar-refractivity contribution in [3.05, 3.63) is 75.8 Å². The molecule has 2 aromatic carbocycles. The number of hydrogen-bond donors (Lipinski definition) is 1. The van der Waals surface area contributed by atoms with E-state index < -0.39 is 11.6 Å². The molecule has 29 heavy (non-hydrogen) atoms. The summed E-state index contributed by atoms with van der Waals surface area (Å²) in [4.78, 5) is 30.0. The molecule has 4 aromatic rings. The molecule has 1 atom stereocenters. The first-order valence-corrected chi connectivity index (χ1v) is 9.32. The predicted octanol–water partition coefficient (Wildman–Crippen LogP) is 4.21. The highest BCUT2D eigenvalue weighted by molar-refractivity contribution is 6.30. The third-order valence-electron chi connectivity index (χ3n) is 4.62. The molecule has 7 nitrogen and oxygen atoms in total. The van der Waals surface area contributed by atoms with E-state index in [2.05, 4.69) is 15.5 Å². The van der Waals surface area contributed by atoms with Gasteiger partial charge in [-0.2, -0.15) is 0 Å². The van der Waals surface area contributed by atoms with Gasteiger partial charge in [-0.1, -0.05) is 41.0 Å². The van der Waals surface area contributed by atoms with Crippen LogP contribution in [0.5, 0.6) is 0 Å². The first kappa shape index (κ1) is 18.9. The second-order valence-corrected chi connectivity index (χ2v) is 7.15. The Hall–Kier alpha value is -3.45. The van der Waals surface area contributed by atoms with Gasteiger partial charge in [-0.3, -0.25) is 14.2 Å². The van der Waals surface area contributed by atoms with Crippen LogP contribution in [-0.2, 0) is 4.79 Å². The normalized spacial score (nSPS) is 12.1. The van der Waals surface area contributed by atoms with E-state index >= 15 is 0 Å². The van der Waals surface area contributed by atoms with Gasteiger partial charge in [0.05, 0.1) is 0 Å². The summed E-state index contributed by atoms with van der Waals surface area (Å²) in [5.74, 6) is -0.330. The molecule has 0 bridgehead atoms. The molecule has 0 aliphatic heterocycles. The van der Waals surface area contributed by atoms with Gasteiger partial charge >= 0.3 is 0 Å². The fraction of sp³-hybridized carbons (Fsp3) is 0.143. The van der Waals surface area contributed by atoms with Crippen molar-refractivity contribution in [3.63, 3.8) is 0 Å². The average molecular weight is 409 g/mol. The smallest absolute Gasteiger partial charge is 0.267 e. The van der Waals surface area contributed by atoms with Gasteiger partial charge in [0.15, 0.2) is 0 Å². The minimum Gasteiger partial charge on any atom is -0.335 e. The number of nitrogens with one attached hydrogen (secondary N) is 1. The standard InChI is InChI=1S/C21H17ClN4O3/c1-12-4-3-5-16(10-12)24-19(27)13(2)26-11-23-20-17(21(26)28)18(25-29-20)14-6-8-15(22)9-7-14/h3-11,13H,1-2H3,(H,24,27). The van der Waals surface area contributed by atoms with Crippen molar-refractivity contribution >= 4 is 34.3 Å². The van der Waals surface area contributed by atoms with Gasteiger partial charge in [0.25, 0.3) is 11.3 Å². The van der Waals surface area contributed by atoms with E-state index in [4.69, 9.17) is 16.1 Å². The molecule has 8 heteroatoms. The van der Waals surface area contributed by atoms with E-state index in [1.165, 1.54) is 10.9 Å². The summed E-state index contributed by atoms with van der Waals surface area (Å²) >= 11 is 5.93. The molecule has 2 heterocycles. The molecule has 1 N–H and O–H groups in total. The number of aromatic nitrogens is 3. The number of halogens is 1. The Morgan fingerprint density at radius 1 is 1.21 bits per heavy atom. The second kappa shape index (κ2) is 7.52. The minimum atomic E-state index is -0.784. The Kier molecular flexibility index (Phi) is 4.90. The molecule has 1 unspecified atom stereocenters. The summed E-state index contributed by atoms with van der Waals surface area (Å²) in [6, 6.07) is 13.5. The molecular weight excluding hydrogens is 392 g/mol. The molecule has 0 spiro atoms. The monoisotopic (exact) mass is 408 g/mol. The summed E-state index contributed by atoms with van der Waals surface area (Å²) < 4.78 is 6.48. The topological polar surface area (TPSA) is 90.0 Å². The largest absolute Gasteiger partial charge is 0.335 e. The SMILES string of the molecule is Cc1cccc(NC(=O)C(C)n2cnc3onc(-c4ccc(Cl)cc4)c3c2=O)c1. The van der Waals surface area contributed by atoms with E-state index in [1.807, 2.05) is 25.1 Å². The Morgan fingerprint density at radius 3 is 2.69 bits per heavy atom. The number of fused-ring (bicyclic) bond motifs is 1. The maximum absolute atomic E-state index is 13.1. The Bertz CT molecular complexity index is 1260. The molecule has 1 amide bonds. The van der Waals surface area contributed by atoms with E-state index in [1.54, 1.807) is 37.3 Å². The van der Waals surface area contributed by atoms with E-state index in [0.717, 1.165) is 5.56 Å². The lowest BCUT2D eigenvalue weighted by Crippen LogP contribution is -2.31. The number of amides is 1. The Labute approximate surface area is 170 Å². The van der Waals surface area contributed by atoms with Crippen LogP contribution < -0.4 is 10.9 Å². The molecule has 0 aliphatic carbocycles. The van der Waals surface area contributed by atoms with Gasteiger partial charge in [0.1, 0.15) is 23.4 Å². The van der Waals surface area contributed by atoms with Crippen LogP contribution in [0.4, 0.5) is 5.69 Å². The fourth-order valence-corrected chi connectivity index (χ4v) is 3.16. The van der Waals surface area contributed by atoms with Crippen molar-refractivity contribution in [3.8, 4) is 11.3 Å². The first-order chi connectivity index (χ1) is 13.9. The number of rotatable bonds is 4. The third kappa shape index (κ3) is 3.64. The average Bonchev–Trinajstić information content (AvgIpc) is 3.13. The van der Waals surface area contributed by atoms with Gasteiger partial charge in [0, 0.05) is 16.3 Å². The number of anilines is 1. The maximum atomic E-state index is 13.1. The Morgan fingerprint density at radius 2 is 1.97 bits per heavy atom. The molecule has 0 saturated heterocycles. The second-order valence-electron chi connectivity index (χ2n) is 6.71. The van der Waals surface area contributed by atoms with Crippen LogP contribution in [0.2, 0.25) is 5.02 Å². The number of hydrogen-bond acceptors (Lipinski definition) is 5. The number of carbonyl (C=O) groups is 1. The lowest BCUT2D eigenvalue weighted by atomic mass is 10.1. The number of aryl methyl sites for hydroxylation is 1. The van der Waals surface area contributed by atoms with E-state index in [9.17, 15) is 9.59 Å². The third-order valence-corrected chi connectivity index (χ3v) is 4.87. The van der Waals surface area contributed by atoms with Crippen molar-refractivity contribution in [1.82, 2.24) is 14.7 Å². The Balaban J connectivity index is 1.71. The van der Waals surface area contributed by atoms with Crippen molar-refractivity contribution < 1.29 is 9.32 Å². The maximum Gasteiger partial charge on any atom is 0.267 e. The zero-order valence-electron chi connectivity index (χ0n) is 15.7. The quantitative estimate of drug-likeness (QED) is 0.546. The molecule has 0 saturated carbocycles. The summed E-state index contributed by atoms with van der Waals surface area (Å²) in [5, 5.41) is 7.59. The fourth-order valence-electron chi connectivity index (χ4n) is 3.04. The molecule has 0 radical (unpaired) electrons. The van der Waals surface area contributed by atoms with Crippen LogP contribution in [0.15, 0.2) is 64.2 Å². The minimum absolute atomic E-state index is 0.113. The molecule has 2 aromatic heterocycles. The first-order valence-electron chi connectivity index (χ1n) is 8.94. The van der Waals surface area contributed by atoms with Crippen LogP contribution >= 0.6 is 11.6 Å². The van der Waals surface area contributed by atoms with Gasteiger partial charge in [-0.25, -0.2) is 4.98 Å². The highest BCUT2D eigenvalue weighted by atomic mass is 35.5. The number of benzene rings is 2. The van der Waals surface area contributed by atoms with Crippen LogP contribution in [0.3, 0.4) is 0 Å². The molecular formula is C21H17ClN4O3. The van der Waals surface area contributed by atoms with E-state index in [0.29, 0.717) is 22.0 Å².